The van der Waals surface area contributed by atoms with E-state index in [1.54, 1.807) is 0 Å². The summed E-state index contributed by atoms with van der Waals surface area (Å²) < 4.78 is 0. The van der Waals surface area contributed by atoms with E-state index in [1.165, 1.54) is 5.06 Å². The van der Waals surface area contributed by atoms with Gasteiger partial charge >= 0.3 is 0 Å². The van der Waals surface area contributed by atoms with Gasteiger partial charge in [-0.3, -0.25) is 9.63 Å². The second-order valence-electron chi connectivity index (χ2n) is 4.47. The van der Waals surface area contributed by atoms with Gasteiger partial charge in [-0.05, 0) is 33.6 Å². The number of H-pyrrole nitrogens is 1. The van der Waals surface area contributed by atoms with Crippen molar-refractivity contribution in [3.05, 3.63) is 11.4 Å². The number of aromatic nitrogens is 3. The topological polar surface area (TPSA) is 71.1 Å². The lowest BCUT2D eigenvalue weighted by Gasteiger charge is -2.24. The van der Waals surface area contributed by atoms with Gasteiger partial charge in [0.05, 0.1) is 18.3 Å². The molecule has 0 aromatic carbocycles. The van der Waals surface area contributed by atoms with Crippen LogP contribution in [0.3, 0.4) is 0 Å². The zero-order valence-corrected chi connectivity index (χ0v) is 10.4. The third kappa shape index (κ3) is 2.46. The zero-order chi connectivity index (χ0) is 12.4. The minimum absolute atomic E-state index is 0.0220. The van der Waals surface area contributed by atoms with E-state index in [2.05, 4.69) is 15.4 Å². The molecule has 0 atom stereocenters. The molecular formula is C11H18N4O2. The minimum Gasteiger partial charge on any atom is -0.271 e. The molecule has 0 unspecified atom stereocenters. The first-order valence-electron chi connectivity index (χ1n) is 6.02. The maximum absolute atomic E-state index is 12.3. The normalized spacial score (nSPS) is 15.3. The van der Waals surface area contributed by atoms with E-state index in [1.807, 2.05) is 20.8 Å². The molecule has 1 aromatic rings. The summed E-state index contributed by atoms with van der Waals surface area (Å²) in [5.41, 5.74) is 1.18. The molecule has 94 valence electrons. The Kier molecular flexibility index (Phi) is 3.42. The quantitative estimate of drug-likeness (QED) is 0.789. The molecule has 6 heteroatoms. The van der Waals surface area contributed by atoms with E-state index in [0.717, 1.165) is 18.5 Å². The second kappa shape index (κ2) is 4.83. The van der Waals surface area contributed by atoms with Gasteiger partial charge < -0.3 is 0 Å². The predicted octanol–water partition coefficient (Wildman–Crippen LogP) is 1.48. The van der Waals surface area contributed by atoms with E-state index >= 15 is 0 Å². The Hall–Kier alpha value is -1.43. The monoisotopic (exact) mass is 238 g/mol. The standard InChI is InChI=1S/C11H18N4O2/c1-4-17-15(7(2)3)11(16)10-9(8-5-6-8)12-14-13-10/h7-8H,4-6H2,1-3H3,(H,12,13,14). The van der Waals surface area contributed by atoms with Gasteiger partial charge in [0.15, 0.2) is 5.69 Å². The number of hydroxylamine groups is 2. The van der Waals surface area contributed by atoms with Crippen LogP contribution in [0.2, 0.25) is 0 Å². The van der Waals surface area contributed by atoms with Gasteiger partial charge in [-0.25, -0.2) is 5.06 Å². The van der Waals surface area contributed by atoms with Crippen LogP contribution in [0, 0.1) is 0 Å². The van der Waals surface area contributed by atoms with E-state index in [4.69, 9.17) is 4.84 Å². The lowest BCUT2D eigenvalue weighted by atomic mass is 10.2. The second-order valence-corrected chi connectivity index (χ2v) is 4.47. The van der Waals surface area contributed by atoms with E-state index in [0.29, 0.717) is 18.2 Å². The van der Waals surface area contributed by atoms with E-state index in [9.17, 15) is 4.79 Å². The molecule has 1 saturated carbocycles. The summed E-state index contributed by atoms with van der Waals surface area (Å²) in [6.45, 7) is 6.13. The average Bonchev–Trinajstić information content (AvgIpc) is 3.02. The number of carbonyl (C=O) groups is 1. The summed E-state index contributed by atoms with van der Waals surface area (Å²) in [6.07, 6.45) is 2.17. The molecule has 1 aromatic heterocycles. The highest BCUT2D eigenvalue weighted by molar-refractivity contribution is 5.93. The van der Waals surface area contributed by atoms with Crippen molar-refractivity contribution in [3.8, 4) is 0 Å². The molecule has 0 radical (unpaired) electrons. The van der Waals surface area contributed by atoms with Crippen LogP contribution in [-0.4, -0.2) is 39.0 Å². The zero-order valence-electron chi connectivity index (χ0n) is 10.4. The number of nitrogens with one attached hydrogen (secondary N) is 1. The molecule has 17 heavy (non-hydrogen) atoms. The van der Waals surface area contributed by atoms with E-state index in [-0.39, 0.29) is 11.9 Å². The maximum atomic E-state index is 12.3. The van der Waals surface area contributed by atoms with Crippen LogP contribution in [0.1, 0.15) is 55.7 Å². The van der Waals surface area contributed by atoms with Crippen molar-refractivity contribution in [3.63, 3.8) is 0 Å². The number of amides is 1. The van der Waals surface area contributed by atoms with Crippen molar-refractivity contribution in [2.75, 3.05) is 6.61 Å². The Bertz CT molecular complexity index is 398. The lowest BCUT2D eigenvalue weighted by Crippen LogP contribution is -2.37. The van der Waals surface area contributed by atoms with Crippen LogP contribution >= 0.6 is 0 Å². The molecule has 1 aliphatic carbocycles. The fraction of sp³-hybridized carbons (Fsp3) is 0.727. The van der Waals surface area contributed by atoms with Crippen LogP contribution in [-0.2, 0) is 4.84 Å². The third-order valence-electron chi connectivity index (χ3n) is 2.68. The molecular weight excluding hydrogens is 220 g/mol. The van der Waals surface area contributed by atoms with Crippen molar-refractivity contribution >= 4 is 5.91 Å². The Labute approximate surface area is 100 Å². The first kappa shape index (κ1) is 12.0. The van der Waals surface area contributed by atoms with Gasteiger partial charge in [0.1, 0.15) is 0 Å². The minimum atomic E-state index is -0.211. The largest absolute Gasteiger partial charge is 0.300 e. The number of carbonyl (C=O) groups excluding carboxylic acids is 1. The number of hydrogen-bond donors (Lipinski definition) is 1. The van der Waals surface area contributed by atoms with Crippen LogP contribution in [0.15, 0.2) is 0 Å². The summed E-state index contributed by atoms with van der Waals surface area (Å²) in [4.78, 5) is 17.6. The Balaban J connectivity index is 2.19. The Morgan fingerprint density at radius 3 is 2.76 bits per heavy atom. The van der Waals surface area contributed by atoms with Gasteiger partial charge in [0, 0.05) is 5.92 Å². The molecule has 1 fully saturated rings. The SMILES string of the molecule is CCON(C(=O)c1n[nH]nc1C1CC1)C(C)C. The van der Waals surface area contributed by atoms with Gasteiger partial charge in [0.2, 0.25) is 0 Å². The molecule has 1 aliphatic rings. The number of hydrogen-bond acceptors (Lipinski definition) is 4. The lowest BCUT2D eigenvalue weighted by molar-refractivity contribution is -0.137. The Morgan fingerprint density at radius 2 is 2.24 bits per heavy atom. The highest BCUT2D eigenvalue weighted by Gasteiger charge is 2.34. The molecule has 0 aliphatic heterocycles. The molecule has 6 nitrogen and oxygen atoms in total. The maximum Gasteiger partial charge on any atom is 0.300 e. The molecule has 0 spiro atoms. The van der Waals surface area contributed by atoms with Crippen LogP contribution in [0.5, 0.6) is 0 Å². The average molecular weight is 238 g/mol. The van der Waals surface area contributed by atoms with Crippen molar-refractivity contribution < 1.29 is 9.63 Å². The Morgan fingerprint density at radius 1 is 1.53 bits per heavy atom. The van der Waals surface area contributed by atoms with Crippen molar-refractivity contribution in [2.45, 2.75) is 45.6 Å². The molecule has 0 bridgehead atoms. The fourth-order valence-corrected chi connectivity index (χ4v) is 1.72. The van der Waals surface area contributed by atoms with Gasteiger partial charge in [-0.15, -0.1) is 0 Å². The van der Waals surface area contributed by atoms with Crippen LogP contribution in [0.25, 0.3) is 0 Å². The first-order chi connectivity index (χ1) is 8.15. The van der Waals surface area contributed by atoms with Gasteiger partial charge in [0.25, 0.3) is 5.91 Å². The summed E-state index contributed by atoms with van der Waals surface area (Å²) in [6, 6.07) is -0.0220. The van der Waals surface area contributed by atoms with Crippen LogP contribution < -0.4 is 0 Å². The number of aromatic amines is 1. The number of nitrogens with zero attached hydrogens (tertiary/aromatic N) is 3. The molecule has 1 amide bonds. The van der Waals surface area contributed by atoms with Gasteiger partial charge in [-0.2, -0.15) is 15.4 Å². The smallest absolute Gasteiger partial charge is 0.271 e. The fourth-order valence-electron chi connectivity index (χ4n) is 1.72. The first-order valence-corrected chi connectivity index (χ1v) is 6.02. The van der Waals surface area contributed by atoms with Crippen LogP contribution in [0.4, 0.5) is 0 Å². The summed E-state index contributed by atoms with van der Waals surface area (Å²) >= 11 is 0. The summed E-state index contributed by atoms with van der Waals surface area (Å²) in [5.74, 6) is 0.181. The summed E-state index contributed by atoms with van der Waals surface area (Å²) in [5, 5.41) is 11.9. The van der Waals surface area contributed by atoms with Gasteiger partial charge in [-0.1, -0.05) is 0 Å². The summed E-state index contributed by atoms with van der Waals surface area (Å²) in [7, 11) is 0. The highest BCUT2D eigenvalue weighted by Crippen LogP contribution is 2.40. The van der Waals surface area contributed by atoms with Crippen molar-refractivity contribution in [1.29, 1.82) is 0 Å². The molecule has 1 N–H and O–H groups in total. The molecule has 2 rings (SSSR count). The molecule has 0 saturated heterocycles. The molecule has 1 heterocycles. The predicted molar refractivity (Wildman–Crippen MR) is 61.3 cm³/mol. The number of rotatable bonds is 5. The third-order valence-corrected chi connectivity index (χ3v) is 2.68. The highest BCUT2D eigenvalue weighted by atomic mass is 16.7. The van der Waals surface area contributed by atoms with Crippen molar-refractivity contribution in [1.82, 2.24) is 20.5 Å². The van der Waals surface area contributed by atoms with Crippen molar-refractivity contribution in [2.24, 2.45) is 0 Å². The van der Waals surface area contributed by atoms with E-state index < -0.39 is 0 Å².